The predicted octanol–water partition coefficient (Wildman–Crippen LogP) is 2.73. The summed E-state index contributed by atoms with van der Waals surface area (Å²) in [5, 5.41) is 10.3. The molecule has 0 radical (unpaired) electrons. The molecule has 168 valence electrons. The molecule has 1 atom stereocenters. The minimum absolute atomic E-state index is 0.342. The van der Waals surface area contributed by atoms with Gasteiger partial charge in [-0.05, 0) is 31.4 Å². The van der Waals surface area contributed by atoms with Crippen molar-refractivity contribution in [2.24, 2.45) is 4.99 Å². The number of anilines is 2. The largest absolute Gasteiger partial charge is 0.497 e. The number of nitrogens with one attached hydrogen (secondary N) is 3. The molecule has 1 unspecified atom stereocenters. The Morgan fingerprint density at radius 3 is 2.58 bits per heavy atom. The van der Waals surface area contributed by atoms with E-state index in [1.807, 2.05) is 31.3 Å². The number of rotatable bonds is 10. The molecule has 2 heterocycles. The topological polar surface area (TPSA) is 83.0 Å². The Morgan fingerprint density at radius 2 is 1.90 bits per heavy atom. The number of methoxy groups -OCH3 is 2. The molecule has 1 aliphatic rings. The Hall–Kier alpha value is -3.16. The zero-order valence-corrected chi connectivity index (χ0v) is 18.7. The van der Waals surface area contributed by atoms with Crippen molar-refractivity contribution in [3.63, 3.8) is 0 Å². The van der Waals surface area contributed by atoms with Crippen molar-refractivity contribution in [2.75, 3.05) is 57.7 Å². The first-order valence-corrected chi connectivity index (χ1v) is 10.8. The highest BCUT2D eigenvalue weighted by atomic mass is 16.5. The number of ether oxygens (including phenoxy) is 2. The van der Waals surface area contributed by atoms with Crippen LogP contribution in [0.15, 0.2) is 47.6 Å². The fourth-order valence-electron chi connectivity index (χ4n) is 3.62. The summed E-state index contributed by atoms with van der Waals surface area (Å²) in [5.41, 5.74) is 1.11. The highest BCUT2D eigenvalue weighted by molar-refractivity contribution is 5.80. The first-order chi connectivity index (χ1) is 15.2. The van der Waals surface area contributed by atoms with E-state index in [0.29, 0.717) is 6.04 Å². The summed E-state index contributed by atoms with van der Waals surface area (Å²) in [6, 6.07) is 12.2. The van der Waals surface area contributed by atoms with Crippen LogP contribution in [0.4, 0.5) is 11.5 Å². The number of pyridine rings is 1. The molecule has 2 aromatic rings. The van der Waals surface area contributed by atoms with Gasteiger partial charge in [0.2, 0.25) is 0 Å². The van der Waals surface area contributed by atoms with Crippen molar-refractivity contribution >= 4 is 17.5 Å². The van der Waals surface area contributed by atoms with Gasteiger partial charge in [-0.2, -0.15) is 0 Å². The van der Waals surface area contributed by atoms with Crippen molar-refractivity contribution < 1.29 is 9.47 Å². The number of nitrogens with zero attached hydrogens (tertiary/aromatic N) is 3. The minimum Gasteiger partial charge on any atom is -0.497 e. The van der Waals surface area contributed by atoms with Gasteiger partial charge < -0.3 is 30.3 Å². The van der Waals surface area contributed by atoms with E-state index in [2.05, 4.69) is 43.0 Å². The Morgan fingerprint density at radius 1 is 1.13 bits per heavy atom. The average molecular weight is 427 g/mol. The standard InChI is InChI=1S/C23H34N6O2/c1-24-23(27-12-7-6-11-26-22-8-4-5-10-25-22)28-18-9-13-29(17-18)19-14-20(30-2)16-21(15-19)31-3/h4-5,8,10,14-16,18H,6-7,9,11-13,17H2,1-3H3,(H,25,26)(H2,24,27,28). The number of guanidine groups is 1. The lowest BCUT2D eigenvalue weighted by Crippen LogP contribution is -2.44. The second kappa shape index (κ2) is 11.9. The average Bonchev–Trinajstić information content (AvgIpc) is 3.29. The summed E-state index contributed by atoms with van der Waals surface area (Å²) < 4.78 is 10.8. The molecule has 1 aromatic heterocycles. The van der Waals surface area contributed by atoms with Crippen LogP contribution < -0.4 is 30.3 Å². The summed E-state index contributed by atoms with van der Waals surface area (Å²) >= 11 is 0. The molecule has 1 aromatic carbocycles. The summed E-state index contributed by atoms with van der Waals surface area (Å²) in [6.45, 7) is 3.68. The van der Waals surface area contributed by atoms with E-state index in [-0.39, 0.29) is 0 Å². The van der Waals surface area contributed by atoms with Crippen molar-refractivity contribution in [3.8, 4) is 11.5 Å². The van der Waals surface area contributed by atoms with Crippen molar-refractivity contribution in [1.29, 1.82) is 0 Å². The molecular weight excluding hydrogens is 392 g/mol. The molecule has 8 heteroatoms. The third kappa shape index (κ3) is 6.94. The monoisotopic (exact) mass is 426 g/mol. The lowest BCUT2D eigenvalue weighted by Gasteiger charge is -2.21. The van der Waals surface area contributed by atoms with E-state index in [1.165, 1.54) is 0 Å². The number of benzene rings is 1. The molecule has 8 nitrogen and oxygen atoms in total. The zero-order valence-electron chi connectivity index (χ0n) is 18.7. The van der Waals surface area contributed by atoms with Crippen molar-refractivity contribution in [1.82, 2.24) is 15.6 Å². The molecule has 3 N–H and O–H groups in total. The molecule has 0 amide bonds. The van der Waals surface area contributed by atoms with E-state index < -0.39 is 0 Å². The molecule has 31 heavy (non-hydrogen) atoms. The highest BCUT2D eigenvalue weighted by Gasteiger charge is 2.24. The van der Waals surface area contributed by atoms with Crippen LogP contribution in [0.25, 0.3) is 0 Å². The van der Waals surface area contributed by atoms with E-state index in [0.717, 1.165) is 74.4 Å². The maximum atomic E-state index is 5.40. The molecule has 1 fully saturated rings. The van der Waals surface area contributed by atoms with Crippen molar-refractivity contribution in [3.05, 3.63) is 42.6 Å². The molecular formula is C23H34N6O2. The Balaban J connectivity index is 1.38. The maximum Gasteiger partial charge on any atom is 0.191 e. The second-order valence-electron chi connectivity index (χ2n) is 7.49. The highest BCUT2D eigenvalue weighted by Crippen LogP contribution is 2.30. The van der Waals surface area contributed by atoms with Gasteiger partial charge in [0, 0.05) is 69.4 Å². The van der Waals surface area contributed by atoms with Gasteiger partial charge in [0.05, 0.1) is 14.2 Å². The van der Waals surface area contributed by atoms with E-state index >= 15 is 0 Å². The lowest BCUT2D eigenvalue weighted by atomic mass is 10.2. The molecule has 0 saturated carbocycles. The van der Waals surface area contributed by atoms with Crippen LogP contribution in [-0.2, 0) is 0 Å². The number of hydrogen-bond donors (Lipinski definition) is 3. The normalized spacial score (nSPS) is 16.2. The molecule has 0 aliphatic carbocycles. The SMILES string of the molecule is CN=C(NCCCCNc1ccccn1)NC1CCN(c2cc(OC)cc(OC)c2)C1. The number of unbranched alkanes of at least 4 members (excludes halogenated alkanes) is 1. The Kier molecular flexibility index (Phi) is 8.63. The predicted molar refractivity (Wildman–Crippen MR) is 127 cm³/mol. The molecule has 1 saturated heterocycles. The third-order valence-corrected chi connectivity index (χ3v) is 5.32. The van der Waals surface area contributed by atoms with E-state index in [4.69, 9.17) is 9.47 Å². The zero-order chi connectivity index (χ0) is 21.9. The van der Waals surface area contributed by atoms with Crippen LogP contribution in [-0.4, -0.2) is 64.4 Å². The number of aromatic nitrogens is 1. The molecule has 1 aliphatic heterocycles. The summed E-state index contributed by atoms with van der Waals surface area (Å²) in [7, 11) is 5.17. The van der Waals surface area contributed by atoms with Crippen LogP contribution in [0.5, 0.6) is 11.5 Å². The summed E-state index contributed by atoms with van der Waals surface area (Å²) in [5.74, 6) is 3.39. The Labute approximate surface area is 185 Å². The maximum absolute atomic E-state index is 5.40. The van der Waals surface area contributed by atoms with Gasteiger partial charge >= 0.3 is 0 Å². The fraction of sp³-hybridized carbons (Fsp3) is 0.478. The number of aliphatic imine (C=N–C) groups is 1. The quantitative estimate of drug-likeness (QED) is 0.306. The molecule has 0 bridgehead atoms. The van der Waals surface area contributed by atoms with Crippen LogP contribution in [0, 0.1) is 0 Å². The van der Waals surface area contributed by atoms with Gasteiger partial charge in [-0.1, -0.05) is 6.07 Å². The van der Waals surface area contributed by atoms with Gasteiger partial charge in [-0.15, -0.1) is 0 Å². The summed E-state index contributed by atoms with van der Waals surface area (Å²) in [6.07, 6.45) is 4.97. The van der Waals surface area contributed by atoms with E-state index in [1.54, 1.807) is 20.4 Å². The van der Waals surface area contributed by atoms with Gasteiger partial charge in [-0.25, -0.2) is 4.98 Å². The molecule has 3 rings (SSSR count). The van der Waals surface area contributed by atoms with Gasteiger partial charge in [-0.3, -0.25) is 4.99 Å². The smallest absolute Gasteiger partial charge is 0.191 e. The lowest BCUT2D eigenvalue weighted by molar-refractivity contribution is 0.394. The van der Waals surface area contributed by atoms with Gasteiger partial charge in [0.1, 0.15) is 17.3 Å². The van der Waals surface area contributed by atoms with E-state index in [9.17, 15) is 0 Å². The molecule has 0 spiro atoms. The second-order valence-corrected chi connectivity index (χ2v) is 7.49. The van der Waals surface area contributed by atoms with Crippen LogP contribution in [0.3, 0.4) is 0 Å². The summed E-state index contributed by atoms with van der Waals surface area (Å²) in [4.78, 5) is 11.0. The van der Waals surface area contributed by atoms with Crippen molar-refractivity contribution in [2.45, 2.75) is 25.3 Å². The van der Waals surface area contributed by atoms with Gasteiger partial charge in [0.25, 0.3) is 0 Å². The minimum atomic E-state index is 0.342. The third-order valence-electron chi connectivity index (χ3n) is 5.32. The first kappa shape index (κ1) is 22.5. The first-order valence-electron chi connectivity index (χ1n) is 10.8. The van der Waals surface area contributed by atoms with Gasteiger partial charge in [0.15, 0.2) is 5.96 Å². The fourth-order valence-corrected chi connectivity index (χ4v) is 3.62. The van der Waals surface area contributed by atoms with Crippen LogP contribution >= 0.6 is 0 Å². The number of hydrogen-bond acceptors (Lipinski definition) is 6. The van der Waals surface area contributed by atoms with Crippen LogP contribution in [0.1, 0.15) is 19.3 Å². The van der Waals surface area contributed by atoms with Crippen LogP contribution in [0.2, 0.25) is 0 Å². The Bertz CT molecular complexity index is 808.